The molecular weight excluding hydrogens is 242 g/mol. The molecule has 0 aliphatic rings. The predicted molar refractivity (Wildman–Crippen MR) is 74.9 cm³/mol. The van der Waals surface area contributed by atoms with Gasteiger partial charge >= 0.3 is 5.97 Å². The van der Waals surface area contributed by atoms with Crippen LogP contribution in [0.2, 0.25) is 0 Å². The quantitative estimate of drug-likeness (QED) is 0.740. The summed E-state index contributed by atoms with van der Waals surface area (Å²) in [4.78, 5) is 11.2. The Bertz CT molecular complexity index is 406. The van der Waals surface area contributed by atoms with E-state index in [2.05, 4.69) is 24.4 Å². The normalized spacial score (nSPS) is 13.9. The highest BCUT2D eigenvalue weighted by Crippen LogP contribution is 2.16. The van der Waals surface area contributed by atoms with Crippen molar-refractivity contribution in [2.75, 3.05) is 13.2 Å². The van der Waals surface area contributed by atoms with E-state index < -0.39 is 6.10 Å². The molecule has 1 aromatic rings. The Balaban J connectivity index is 2.40. The summed E-state index contributed by atoms with van der Waals surface area (Å²) in [6.07, 6.45) is -0.688. The molecule has 0 fully saturated rings. The summed E-state index contributed by atoms with van der Waals surface area (Å²) in [5.41, 5.74) is 2.41. The molecule has 4 nitrogen and oxygen atoms in total. The van der Waals surface area contributed by atoms with Crippen LogP contribution in [0.25, 0.3) is 0 Å². The Labute approximate surface area is 114 Å². The van der Waals surface area contributed by atoms with Gasteiger partial charge < -0.3 is 15.2 Å². The van der Waals surface area contributed by atoms with Gasteiger partial charge in [0.2, 0.25) is 0 Å². The Morgan fingerprint density at radius 2 is 2.11 bits per heavy atom. The first-order valence-corrected chi connectivity index (χ1v) is 6.67. The van der Waals surface area contributed by atoms with Gasteiger partial charge in [0.15, 0.2) is 0 Å². The van der Waals surface area contributed by atoms with Gasteiger partial charge in [-0.1, -0.05) is 24.3 Å². The van der Waals surface area contributed by atoms with Crippen molar-refractivity contribution < 1.29 is 14.6 Å². The van der Waals surface area contributed by atoms with E-state index in [9.17, 15) is 9.90 Å². The lowest BCUT2D eigenvalue weighted by Crippen LogP contribution is -2.31. The zero-order valence-corrected chi connectivity index (χ0v) is 11.8. The van der Waals surface area contributed by atoms with Gasteiger partial charge in [0, 0.05) is 12.6 Å². The number of carbonyl (C=O) groups is 1. The molecule has 4 heteroatoms. The van der Waals surface area contributed by atoms with Crippen LogP contribution in [0.15, 0.2) is 24.3 Å². The Kier molecular flexibility index (Phi) is 6.53. The average molecular weight is 265 g/mol. The fourth-order valence-electron chi connectivity index (χ4n) is 1.98. The molecule has 0 aliphatic heterocycles. The molecule has 0 aliphatic carbocycles. The molecule has 0 heterocycles. The van der Waals surface area contributed by atoms with Crippen LogP contribution in [0, 0.1) is 6.92 Å². The molecule has 0 saturated heterocycles. The maximum atomic E-state index is 11.2. The predicted octanol–water partition coefficient (Wildman–Crippen LogP) is 1.96. The first kappa shape index (κ1) is 15.7. The molecule has 2 N–H and O–H groups in total. The monoisotopic (exact) mass is 265 g/mol. The summed E-state index contributed by atoms with van der Waals surface area (Å²) in [6, 6.07) is 8.25. The summed E-state index contributed by atoms with van der Waals surface area (Å²) in [6.45, 7) is 6.57. The zero-order chi connectivity index (χ0) is 14.3. The number of rotatable bonds is 7. The van der Waals surface area contributed by atoms with Crippen LogP contribution in [0.1, 0.15) is 37.4 Å². The van der Waals surface area contributed by atoms with E-state index in [0.717, 1.165) is 0 Å². The topological polar surface area (TPSA) is 58.6 Å². The number of aliphatic hydroxyl groups is 1. The summed E-state index contributed by atoms with van der Waals surface area (Å²) >= 11 is 0. The average Bonchev–Trinajstić information content (AvgIpc) is 2.36. The van der Waals surface area contributed by atoms with Gasteiger partial charge in [0.25, 0.3) is 0 Å². The van der Waals surface area contributed by atoms with Crippen molar-refractivity contribution in [3.8, 4) is 0 Å². The number of ether oxygens (including phenoxy) is 1. The molecule has 0 aromatic heterocycles. The lowest BCUT2D eigenvalue weighted by atomic mass is 10.0. The second-order valence-corrected chi connectivity index (χ2v) is 4.65. The standard InChI is InChI=1S/C15H23NO3/c1-4-19-15(18)9-13(17)10-16-12(3)14-8-6-5-7-11(14)2/h5-8,12-13,16-17H,4,9-10H2,1-3H3/t12-,13?/m0/s1. The van der Waals surface area contributed by atoms with E-state index >= 15 is 0 Å². The van der Waals surface area contributed by atoms with E-state index in [-0.39, 0.29) is 18.4 Å². The Morgan fingerprint density at radius 1 is 1.42 bits per heavy atom. The number of nitrogens with one attached hydrogen (secondary N) is 1. The van der Waals surface area contributed by atoms with Crippen LogP contribution in [0.4, 0.5) is 0 Å². The lowest BCUT2D eigenvalue weighted by molar-refractivity contribution is -0.145. The minimum atomic E-state index is -0.717. The third-order valence-electron chi connectivity index (χ3n) is 3.02. The number of aryl methyl sites for hydroxylation is 1. The largest absolute Gasteiger partial charge is 0.466 e. The molecule has 0 saturated carbocycles. The maximum Gasteiger partial charge on any atom is 0.308 e. The maximum absolute atomic E-state index is 11.2. The van der Waals surface area contributed by atoms with Crippen LogP contribution in [-0.2, 0) is 9.53 Å². The molecule has 2 atom stereocenters. The van der Waals surface area contributed by atoms with Crippen molar-refractivity contribution in [1.29, 1.82) is 0 Å². The van der Waals surface area contributed by atoms with Crippen molar-refractivity contribution in [2.45, 2.75) is 39.3 Å². The smallest absolute Gasteiger partial charge is 0.308 e. The van der Waals surface area contributed by atoms with Crippen molar-refractivity contribution in [3.05, 3.63) is 35.4 Å². The highest BCUT2D eigenvalue weighted by Gasteiger charge is 2.14. The van der Waals surface area contributed by atoms with E-state index in [1.807, 2.05) is 19.1 Å². The fourth-order valence-corrected chi connectivity index (χ4v) is 1.98. The van der Waals surface area contributed by atoms with E-state index in [0.29, 0.717) is 13.2 Å². The lowest BCUT2D eigenvalue weighted by Gasteiger charge is -2.18. The third kappa shape index (κ3) is 5.41. The van der Waals surface area contributed by atoms with Gasteiger partial charge in [-0.2, -0.15) is 0 Å². The van der Waals surface area contributed by atoms with Gasteiger partial charge in [0.05, 0.1) is 19.1 Å². The molecule has 0 radical (unpaired) electrons. The fraction of sp³-hybridized carbons (Fsp3) is 0.533. The second kappa shape index (κ2) is 7.92. The molecule has 0 amide bonds. The van der Waals surface area contributed by atoms with Crippen LogP contribution < -0.4 is 5.32 Å². The minimum Gasteiger partial charge on any atom is -0.466 e. The molecule has 1 aromatic carbocycles. The van der Waals surface area contributed by atoms with Gasteiger partial charge in [0.1, 0.15) is 0 Å². The van der Waals surface area contributed by atoms with E-state index in [4.69, 9.17) is 4.74 Å². The molecule has 0 bridgehead atoms. The van der Waals surface area contributed by atoms with E-state index in [1.54, 1.807) is 6.92 Å². The SMILES string of the molecule is CCOC(=O)CC(O)CN[C@@H](C)c1ccccc1C. The molecular formula is C15H23NO3. The van der Waals surface area contributed by atoms with Crippen molar-refractivity contribution in [3.63, 3.8) is 0 Å². The Hall–Kier alpha value is -1.39. The second-order valence-electron chi connectivity index (χ2n) is 4.65. The highest BCUT2D eigenvalue weighted by atomic mass is 16.5. The molecule has 1 rings (SSSR count). The number of carbonyl (C=O) groups excluding carboxylic acids is 1. The van der Waals surface area contributed by atoms with Gasteiger partial charge in [-0.15, -0.1) is 0 Å². The number of benzene rings is 1. The first-order valence-electron chi connectivity index (χ1n) is 6.67. The number of hydrogen-bond donors (Lipinski definition) is 2. The summed E-state index contributed by atoms with van der Waals surface area (Å²) < 4.78 is 4.80. The summed E-state index contributed by atoms with van der Waals surface area (Å²) in [7, 11) is 0. The summed E-state index contributed by atoms with van der Waals surface area (Å²) in [5, 5.41) is 13.0. The molecule has 19 heavy (non-hydrogen) atoms. The van der Waals surface area contributed by atoms with Gasteiger partial charge in [-0.25, -0.2) is 0 Å². The molecule has 0 spiro atoms. The third-order valence-corrected chi connectivity index (χ3v) is 3.02. The highest BCUT2D eigenvalue weighted by molar-refractivity contribution is 5.69. The minimum absolute atomic E-state index is 0.0291. The summed E-state index contributed by atoms with van der Waals surface area (Å²) in [5.74, 6) is -0.361. The van der Waals surface area contributed by atoms with Crippen molar-refractivity contribution in [2.24, 2.45) is 0 Å². The van der Waals surface area contributed by atoms with Crippen LogP contribution in [0.3, 0.4) is 0 Å². The number of hydrogen-bond acceptors (Lipinski definition) is 4. The van der Waals surface area contributed by atoms with Crippen LogP contribution >= 0.6 is 0 Å². The Morgan fingerprint density at radius 3 is 2.74 bits per heavy atom. The van der Waals surface area contributed by atoms with Gasteiger partial charge in [-0.3, -0.25) is 4.79 Å². The first-order chi connectivity index (χ1) is 9.04. The number of esters is 1. The number of aliphatic hydroxyl groups excluding tert-OH is 1. The zero-order valence-electron chi connectivity index (χ0n) is 11.8. The molecule has 106 valence electrons. The van der Waals surface area contributed by atoms with Gasteiger partial charge in [-0.05, 0) is 31.9 Å². The van der Waals surface area contributed by atoms with Crippen LogP contribution in [0.5, 0.6) is 0 Å². The van der Waals surface area contributed by atoms with Crippen molar-refractivity contribution in [1.82, 2.24) is 5.32 Å². The van der Waals surface area contributed by atoms with Crippen LogP contribution in [-0.4, -0.2) is 30.3 Å². The van der Waals surface area contributed by atoms with E-state index in [1.165, 1.54) is 11.1 Å². The molecule has 1 unspecified atom stereocenters. The van der Waals surface area contributed by atoms with Crippen molar-refractivity contribution >= 4 is 5.97 Å².